The minimum absolute atomic E-state index is 0.203. The third-order valence-electron chi connectivity index (χ3n) is 3.61. The van der Waals surface area contributed by atoms with Crippen LogP contribution in [-0.2, 0) is 0 Å². The van der Waals surface area contributed by atoms with Gasteiger partial charge < -0.3 is 24.3 Å². The Kier molecular flexibility index (Phi) is 6.91. The largest absolute Gasteiger partial charge is 0.493 e. The maximum Gasteiger partial charge on any atom is 0.203 e. The van der Waals surface area contributed by atoms with E-state index < -0.39 is 0 Å². The summed E-state index contributed by atoms with van der Waals surface area (Å²) >= 11 is 0. The number of para-hydroxylation sites is 2. The van der Waals surface area contributed by atoms with E-state index in [1.807, 2.05) is 31.2 Å². The van der Waals surface area contributed by atoms with Crippen molar-refractivity contribution in [2.75, 3.05) is 33.3 Å². The Labute approximate surface area is 153 Å². The van der Waals surface area contributed by atoms with Crippen molar-refractivity contribution in [3.8, 4) is 23.0 Å². The first-order valence-corrected chi connectivity index (χ1v) is 8.13. The summed E-state index contributed by atoms with van der Waals surface area (Å²) in [6.07, 6.45) is 3.01. The summed E-state index contributed by atoms with van der Waals surface area (Å²) < 4.78 is 21.3. The van der Waals surface area contributed by atoms with Crippen molar-refractivity contribution in [1.29, 1.82) is 0 Å². The molecular weight excluding hydrogens is 334 g/mol. The summed E-state index contributed by atoms with van der Waals surface area (Å²) in [4.78, 5) is 12.5. The molecule has 0 aliphatic heterocycles. The number of carbonyl (C=O) groups excluding carboxylic acids is 1. The number of nitrogens with one attached hydrogen (secondary N) is 1. The van der Waals surface area contributed by atoms with Crippen LogP contribution < -0.4 is 24.3 Å². The number of ether oxygens (including phenoxy) is 4. The number of hydrogen-bond donors (Lipinski definition) is 1. The second-order valence-corrected chi connectivity index (χ2v) is 5.19. The van der Waals surface area contributed by atoms with Gasteiger partial charge in [0.05, 0.1) is 33.6 Å². The summed E-state index contributed by atoms with van der Waals surface area (Å²) in [5.74, 6) is 1.82. The van der Waals surface area contributed by atoms with E-state index in [1.54, 1.807) is 18.3 Å². The van der Waals surface area contributed by atoms with Gasteiger partial charge in [-0.05, 0) is 31.2 Å². The van der Waals surface area contributed by atoms with Gasteiger partial charge in [-0.3, -0.25) is 4.79 Å². The molecule has 0 radical (unpaired) electrons. The third-order valence-corrected chi connectivity index (χ3v) is 3.61. The van der Waals surface area contributed by atoms with Crippen molar-refractivity contribution in [3.63, 3.8) is 0 Å². The number of carbonyl (C=O) groups is 1. The molecule has 2 aromatic rings. The molecule has 0 fully saturated rings. The molecule has 0 unspecified atom stereocenters. The maximum absolute atomic E-state index is 12.5. The van der Waals surface area contributed by atoms with E-state index >= 15 is 0 Å². The topological polar surface area (TPSA) is 66.0 Å². The van der Waals surface area contributed by atoms with E-state index in [0.717, 1.165) is 11.4 Å². The molecular formula is C20H23NO5. The van der Waals surface area contributed by atoms with E-state index in [4.69, 9.17) is 18.9 Å². The lowest BCUT2D eigenvalue weighted by atomic mass is 10.1. The van der Waals surface area contributed by atoms with Crippen LogP contribution in [0.5, 0.6) is 23.0 Å². The fraction of sp³-hybridized carbons (Fsp3) is 0.250. The highest BCUT2D eigenvalue weighted by molar-refractivity contribution is 6.05. The van der Waals surface area contributed by atoms with Crippen LogP contribution in [0.15, 0.2) is 48.7 Å². The molecule has 0 aromatic heterocycles. The molecule has 6 heteroatoms. The number of allylic oxidation sites excluding steroid dienone is 1. The second kappa shape index (κ2) is 9.36. The number of anilines is 1. The van der Waals surface area contributed by atoms with Crippen LogP contribution >= 0.6 is 0 Å². The first-order valence-electron chi connectivity index (χ1n) is 8.13. The van der Waals surface area contributed by atoms with Gasteiger partial charge in [-0.1, -0.05) is 12.1 Å². The highest BCUT2D eigenvalue weighted by Gasteiger charge is 2.15. The zero-order chi connectivity index (χ0) is 18.9. The fourth-order valence-electron chi connectivity index (χ4n) is 2.39. The third kappa shape index (κ3) is 4.47. The molecule has 0 spiro atoms. The Bertz CT molecular complexity index is 761. The van der Waals surface area contributed by atoms with Crippen molar-refractivity contribution < 1.29 is 23.7 Å². The van der Waals surface area contributed by atoms with Gasteiger partial charge >= 0.3 is 0 Å². The predicted molar refractivity (Wildman–Crippen MR) is 101 cm³/mol. The lowest BCUT2D eigenvalue weighted by molar-refractivity contribution is 0.104. The van der Waals surface area contributed by atoms with Gasteiger partial charge in [-0.15, -0.1) is 0 Å². The van der Waals surface area contributed by atoms with Crippen molar-refractivity contribution >= 4 is 11.5 Å². The first kappa shape index (κ1) is 19.2. The van der Waals surface area contributed by atoms with Gasteiger partial charge in [0, 0.05) is 17.8 Å². The summed E-state index contributed by atoms with van der Waals surface area (Å²) in [7, 11) is 4.53. The average molecular weight is 357 g/mol. The average Bonchev–Trinajstić information content (AvgIpc) is 2.68. The Hall–Kier alpha value is -3.15. The monoisotopic (exact) mass is 357 g/mol. The molecule has 0 aliphatic rings. The maximum atomic E-state index is 12.5. The van der Waals surface area contributed by atoms with Gasteiger partial charge in [0.2, 0.25) is 5.75 Å². The van der Waals surface area contributed by atoms with Crippen molar-refractivity contribution in [2.45, 2.75) is 6.92 Å². The van der Waals surface area contributed by atoms with E-state index in [1.165, 1.54) is 27.4 Å². The second-order valence-electron chi connectivity index (χ2n) is 5.19. The summed E-state index contributed by atoms with van der Waals surface area (Å²) in [5, 5.41) is 3.06. The number of hydrogen-bond acceptors (Lipinski definition) is 6. The van der Waals surface area contributed by atoms with E-state index in [2.05, 4.69) is 5.32 Å². The summed E-state index contributed by atoms with van der Waals surface area (Å²) in [5.41, 5.74) is 1.21. The highest BCUT2D eigenvalue weighted by atomic mass is 16.5. The van der Waals surface area contributed by atoms with Crippen LogP contribution in [0.3, 0.4) is 0 Å². The molecule has 0 atom stereocenters. The van der Waals surface area contributed by atoms with E-state index in [9.17, 15) is 4.79 Å². The van der Waals surface area contributed by atoms with Crippen molar-refractivity contribution in [3.05, 3.63) is 54.2 Å². The minimum Gasteiger partial charge on any atom is -0.493 e. The van der Waals surface area contributed by atoms with Gasteiger partial charge in [-0.2, -0.15) is 0 Å². The van der Waals surface area contributed by atoms with Crippen LogP contribution in [0.1, 0.15) is 17.3 Å². The lowest BCUT2D eigenvalue weighted by Gasteiger charge is -2.13. The molecule has 26 heavy (non-hydrogen) atoms. The van der Waals surface area contributed by atoms with Gasteiger partial charge in [0.25, 0.3) is 0 Å². The normalized spacial score (nSPS) is 10.5. The highest BCUT2D eigenvalue weighted by Crippen LogP contribution is 2.38. The number of methoxy groups -OCH3 is 3. The standard InChI is InChI=1S/C20H23NO5/c1-5-26-17-9-7-6-8-15(17)21-11-10-16(22)14-12-18(23-2)20(25-4)19(13-14)24-3/h6-13,21H,5H2,1-4H3. The molecule has 2 rings (SSSR count). The van der Waals surface area contributed by atoms with Gasteiger partial charge in [0.15, 0.2) is 17.3 Å². The molecule has 2 aromatic carbocycles. The predicted octanol–water partition coefficient (Wildman–Crippen LogP) is 3.92. The summed E-state index contributed by atoms with van der Waals surface area (Å²) in [6, 6.07) is 10.7. The fourth-order valence-corrected chi connectivity index (χ4v) is 2.39. The van der Waals surface area contributed by atoms with Crippen LogP contribution in [0, 0.1) is 0 Å². The Morgan fingerprint density at radius 3 is 2.23 bits per heavy atom. The molecule has 0 saturated carbocycles. The molecule has 0 aliphatic carbocycles. The van der Waals surface area contributed by atoms with Gasteiger partial charge in [-0.25, -0.2) is 0 Å². The zero-order valence-corrected chi connectivity index (χ0v) is 15.4. The van der Waals surface area contributed by atoms with Crippen LogP contribution in [0.25, 0.3) is 0 Å². The number of rotatable bonds is 9. The minimum atomic E-state index is -0.203. The zero-order valence-electron chi connectivity index (χ0n) is 15.4. The van der Waals surface area contributed by atoms with Crippen LogP contribution in [0.2, 0.25) is 0 Å². The molecule has 0 saturated heterocycles. The molecule has 0 heterocycles. The van der Waals surface area contributed by atoms with Gasteiger partial charge in [0.1, 0.15) is 5.75 Å². The van der Waals surface area contributed by atoms with Crippen molar-refractivity contribution in [1.82, 2.24) is 0 Å². The van der Waals surface area contributed by atoms with E-state index in [-0.39, 0.29) is 5.78 Å². The Morgan fingerprint density at radius 1 is 1.00 bits per heavy atom. The van der Waals surface area contributed by atoms with Crippen molar-refractivity contribution in [2.24, 2.45) is 0 Å². The van der Waals surface area contributed by atoms with Crippen LogP contribution in [-0.4, -0.2) is 33.7 Å². The SMILES string of the molecule is CCOc1ccccc1NC=CC(=O)c1cc(OC)c(OC)c(OC)c1. The number of benzene rings is 2. The lowest BCUT2D eigenvalue weighted by Crippen LogP contribution is -2.01. The molecule has 138 valence electrons. The molecule has 1 N–H and O–H groups in total. The molecule has 0 bridgehead atoms. The quantitative estimate of drug-likeness (QED) is 0.542. The number of ketones is 1. The Morgan fingerprint density at radius 2 is 1.65 bits per heavy atom. The Balaban J connectivity index is 2.18. The first-order chi connectivity index (χ1) is 12.6. The van der Waals surface area contributed by atoms with Crippen LogP contribution in [0.4, 0.5) is 5.69 Å². The summed E-state index contributed by atoms with van der Waals surface area (Å²) in [6.45, 7) is 2.48. The smallest absolute Gasteiger partial charge is 0.203 e. The van der Waals surface area contributed by atoms with E-state index in [0.29, 0.717) is 29.4 Å². The molecule has 6 nitrogen and oxygen atoms in total. The molecule has 0 amide bonds.